The SMILES string of the molecule is c1ccc(N2c3cccc(-c4cccc(-c5ccc(N(c6ccc7c(ccc8ccccc87)c6)c6ccc7sc8ccccc8c7c6)cc5)c4)c3[Si](c3ccccc3)(c3ccccc3)c3c2n(-c2ccccc2)c2ccccc32)cc1. The predicted octanol–water partition coefficient (Wildman–Crippen LogP) is 18.3. The first-order valence-electron chi connectivity index (χ1n) is 27.8. The van der Waals surface area contributed by atoms with Crippen molar-refractivity contribution in [2.45, 2.75) is 0 Å². The van der Waals surface area contributed by atoms with Gasteiger partial charge in [0, 0.05) is 64.9 Å². The lowest BCUT2D eigenvalue weighted by atomic mass is 9.98. The molecule has 0 N–H and O–H groups in total. The number of rotatable bonds is 9. The van der Waals surface area contributed by atoms with Gasteiger partial charge in [-0.2, -0.15) is 0 Å². The Hall–Kier alpha value is -10.0. The highest BCUT2D eigenvalue weighted by Gasteiger charge is 2.53. The van der Waals surface area contributed by atoms with Crippen LogP contribution in [0.2, 0.25) is 0 Å². The van der Waals surface area contributed by atoms with E-state index in [1.54, 1.807) is 0 Å². The fraction of sp³-hybridized carbons (Fsp3) is 0. The molecule has 0 atom stereocenters. The molecule has 0 aliphatic carbocycles. The van der Waals surface area contributed by atoms with Gasteiger partial charge in [-0.1, -0.05) is 218 Å². The molecule has 5 heteroatoms. The van der Waals surface area contributed by atoms with Gasteiger partial charge in [0.25, 0.3) is 0 Å². The summed E-state index contributed by atoms with van der Waals surface area (Å²) in [5.41, 5.74) is 12.7. The van der Waals surface area contributed by atoms with Crippen LogP contribution < -0.4 is 30.5 Å². The van der Waals surface area contributed by atoms with Gasteiger partial charge in [0.15, 0.2) is 8.07 Å². The zero-order chi connectivity index (χ0) is 53.4. The molecular formula is C76H51N3SSi. The molecule has 1 aliphatic heterocycles. The maximum Gasteiger partial charge on any atom is 0.187 e. The molecule has 0 amide bonds. The molecule has 3 heterocycles. The standard InChI is InChI=1S/C76H51N3SSi/c1-5-24-57(25-6-1)78-70-36-17-15-34-68(70)75-76(78)79(58-26-7-2-8-27-58)71-37-20-35-66(74(71)81(75,62-28-9-3-10-29-62)63-30-11-4-12-31-63)55-23-19-22-54(49-55)52-41-43-59(44-42-52)77(61-46-48-73-69(51-61)67-33-16-18-38-72(67)80-73)60-45-47-65-56(50-60)40-39-53-21-13-14-32-64(53)65/h1-51H. The van der Waals surface area contributed by atoms with Crippen molar-refractivity contribution in [3.05, 3.63) is 309 Å². The van der Waals surface area contributed by atoms with E-state index in [9.17, 15) is 0 Å². The van der Waals surface area contributed by atoms with Crippen LogP contribution in [-0.4, -0.2) is 12.6 Å². The quantitative estimate of drug-likeness (QED) is 0.105. The number of hydrogen-bond acceptors (Lipinski definition) is 3. The third-order valence-electron chi connectivity index (χ3n) is 16.8. The Balaban J connectivity index is 0.891. The summed E-state index contributed by atoms with van der Waals surface area (Å²) in [6, 6.07) is 115. The summed E-state index contributed by atoms with van der Waals surface area (Å²) in [6.45, 7) is 0. The zero-order valence-electron chi connectivity index (χ0n) is 44.2. The molecule has 2 aromatic heterocycles. The van der Waals surface area contributed by atoms with Gasteiger partial charge in [0.2, 0.25) is 0 Å². The van der Waals surface area contributed by atoms with E-state index in [0.717, 1.165) is 39.6 Å². The zero-order valence-corrected chi connectivity index (χ0v) is 46.0. The summed E-state index contributed by atoms with van der Waals surface area (Å²) in [7, 11) is -3.26. The molecule has 16 rings (SSSR count). The largest absolute Gasteiger partial charge is 0.310 e. The summed E-state index contributed by atoms with van der Waals surface area (Å²) < 4.78 is 5.12. The Kier molecular flexibility index (Phi) is 11.1. The highest BCUT2D eigenvalue weighted by Crippen LogP contribution is 2.47. The van der Waals surface area contributed by atoms with E-state index in [1.807, 2.05) is 11.3 Å². The van der Waals surface area contributed by atoms with Crippen LogP contribution in [0.15, 0.2) is 309 Å². The van der Waals surface area contributed by atoms with Crippen molar-refractivity contribution in [3.8, 4) is 27.9 Å². The Morgan fingerprint density at radius 3 is 1.65 bits per heavy atom. The molecule has 3 nitrogen and oxygen atoms in total. The van der Waals surface area contributed by atoms with E-state index in [2.05, 4.69) is 324 Å². The molecule has 0 fully saturated rings. The van der Waals surface area contributed by atoms with E-state index in [4.69, 9.17) is 0 Å². The summed E-state index contributed by atoms with van der Waals surface area (Å²) in [5, 5.41) is 14.3. The molecule has 0 spiro atoms. The van der Waals surface area contributed by atoms with Crippen molar-refractivity contribution < 1.29 is 0 Å². The van der Waals surface area contributed by atoms with Gasteiger partial charge in [-0.3, -0.25) is 9.47 Å². The van der Waals surface area contributed by atoms with Crippen LogP contribution in [0.4, 0.5) is 34.3 Å². The second-order valence-corrected chi connectivity index (χ2v) is 25.9. The van der Waals surface area contributed by atoms with Crippen molar-refractivity contribution in [2.24, 2.45) is 0 Å². The van der Waals surface area contributed by atoms with Gasteiger partial charge in [0.05, 0.1) is 5.52 Å². The van der Waals surface area contributed by atoms with Crippen LogP contribution in [-0.2, 0) is 0 Å². The second kappa shape index (κ2) is 19.1. The Morgan fingerprint density at radius 1 is 0.321 bits per heavy atom. The molecule has 0 radical (unpaired) electrons. The van der Waals surface area contributed by atoms with E-state index in [0.29, 0.717) is 0 Å². The van der Waals surface area contributed by atoms with Crippen LogP contribution in [0.1, 0.15) is 0 Å². The van der Waals surface area contributed by atoms with Crippen molar-refractivity contribution >= 4 is 127 Å². The average Bonchev–Trinajstić information content (AvgIpc) is 2.47. The van der Waals surface area contributed by atoms with E-state index in [1.165, 1.54) is 96.0 Å². The normalized spacial score (nSPS) is 12.8. The first-order valence-corrected chi connectivity index (χ1v) is 30.6. The van der Waals surface area contributed by atoms with Crippen LogP contribution >= 0.6 is 11.3 Å². The average molecular weight is 1070 g/mol. The molecule has 0 unspecified atom stereocenters. The highest BCUT2D eigenvalue weighted by atomic mass is 32.1. The minimum absolute atomic E-state index is 1.10. The molecule has 1 aliphatic rings. The summed E-state index contributed by atoms with van der Waals surface area (Å²) in [5.74, 6) is 1.18. The molecule has 0 saturated heterocycles. The third-order valence-corrected chi connectivity index (χ3v) is 22.8. The van der Waals surface area contributed by atoms with Crippen molar-refractivity contribution in [2.75, 3.05) is 9.80 Å². The van der Waals surface area contributed by atoms with Gasteiger partial charge in [-0.05, 0) is 150 Å². The monoisotopic (exact) mass is 1070 g/mol. The molecule has 81 heavy (non-hydrogen) atoms. The number of fused-ring (bicyclic) bond motifs is 10. The smallest absolute Gasteiger partial charge is 0.187 e. The van der Waals surface area contributed by atoms with Crippen molar-refractivity contribution in [1.82, 2.24) is 4.57 Å². The van der Waals surface area contributed by atoms with Crippen LogP contribution in [0.3, 0.4) is 0 Å². The number of benzene rings is 13. The minimum Gasteiger partial charge on any atom is -0.310 e. The fourth-order valence-corrected chi connectivity index (χ4v) is 19.9. The number of anilines is 6. The van der Waals surface area contributed by atoms with Crippen LogP contribution in [0.25, 0.3) is 80.6 Å². The lowest BCUT2D eigenvalue weighted by molar-refractivity contribution is 1.08. The van der Waals surface area contributed by atoms with Crippen LogP contribution in [0.5, 0.6) is 0 Å². The number of aromatic nitrogens is 1. The molecule has 0 bridgehead atoms. The number of hydrogen-bond donors (Lipinski definition) is 0. The predicted molar refractivity (Wildman–Crippen MR) is 349 cm³/mol. The number of thiophene rings is 1. The molecule has 380 valence electrons. The third kappa shape index (κ3) is 7.47. The summed E-state index contributed by atoms with van der Waals surface area (Å²) in [6.07, 6.45) is 0. The number of nitrogens with zero attached hydrogens (tertiary/aromatic N) is 3. The van der Waals surface area contributed by atoms with Gasteiger partial charge in [0.1, 0.15) is 5.82 Å². The summed E-state index contributed by atoms with van der Waals surface area (Å²) in [4.78, 5) is 4.98. The first-order chi connectivity index (χ1) is 40.2. The molecule has 0 saturated carbocycles. The summed E-state index contributed by atoms with van der Waals surface area (Å²) >= 11 is 1.86. The maximum absolute atomic E-state index is 3.26. The minimum atomic E-state index is -3.26. The lowest BCUT2D eigenvalue weighted by Crippen LogP contribution is -2.77. The topological polar surface area (TPSA) is 11.4 Å². The highest BCUT2D eigenvalue weighted by molar-refractivity contribution is 7.26. The maximum atomic E-state index is 2.56. The first kappa shape index (κ1) is 47.0. The van der Waals surface area contributed by atoms with Crippen LogP contribution in [0, 0.1) is 0 Å². The van der Waals surface area contributed by atoms with Crippen molar-refractivity contribution in [3.63, 3.8) is 0 Å². The Morgan fingerprint density at radius 2 is 0.889 bits per heavy atom. The molecular weight excluding hydrogens is 1020 g/mol. The van der Waals surface area contributed by atoms with E-state index in [-0.39, 0.29) is 0 Å². The Bertz CT molecular complexity index is 4840. The van der Waals surface area contributed by atoms with Gasteiger partial charge in [-0.15, -0.1) is 11.3 Å². The Labute approximate surface area is 475 Å². The molecule has 13 aromatic carbocycles. The fourth-order valence-electron chi connectivity index (χ4n) is 13.3. The van der Waals surface area contributed by atoms with Crippen molar-refractivity contribution in [1.29, 1.82) is 0 Å². The van der Waals surface area contributed by atoms with Gasteiger partial charge in [-0.25, -0.2) is 0 Å². The second-order valence-electron chi connectivity index (χ2n) is 21.2. The molecule has 15 aromatic rings. The van der Waals surface area contributed by atoms with Gasteiger partial charge < -0.3 is 4.90 Å². The number of para-hydroxylation sites is 3. The van der Waals surface area contributed by atoms with E-state index >= 15 is 0 Å². The lowest BCUT2D eigenvalue weighted by Gasteiger charge is -2.45. The van der Waals surface area contributed by atoms with Gasteiger partial charge >= 0.3 is 0 Å². The van der Waals surface area contributed by atoms with E-state index < -0.39 is 8.07 Å².